The molecule has 1 aliphatic heterocycles. The number of Topliss-reactive ketones (excluding diaryl/α,β-unsaturated/α-hetero) is 1. The molecule has 0 unspecified atom stereocenters. The Labute approximate surface area is 251 Å². The summed E-state index contributed by atoms with van der Waals surface area (Å²) in [5.74, 6) is -1.85. The van der Waals surface area contributed by atoms with Gasteiger partial charge in [0.25, 0.3) is 11.8 Å². The highest BCUT2D eigenvalue weighted by Gasteiger charge is 2.32. The van der Waals surface area contributed by atoms with Crippen LogP contribution in [-0.2, 0) is 51.2 Å². The average Bonchev–Trinajstić information content (AvgIpc) is 3.47. The number of fused-ring (bicyclic) bond motifs is 1. The number of nitrogens with two attached hydrogens (primary N) is 1. The topological polar surface area (TPSA) is 190 Å². The van der Waals surface area contributed by atoms with Gasteiger partial charge in [0, 0.05) is 26.4 Å². The predicted molar refractivity (Wildman–Crippen MR) is 152 cm³/mol. The zero-order valence-corrected chi connectivity index (χ0v) is 24.4. The van der Waals surface area contributed by atoms with Gasteiger partial charge in [-0.25, -0.2) is 4.79 Å². The van der Waals surface area contributed by atoms with Gasteiger partial charge in [-0.15, -0.1) is 5.06 Å². The highest BCUT2D eigenvalue weighted by atomic mass is 32.1. The third-order valence-corrected chi connectivity index (χ3v) is 6.58. The van der Waals surface area contributed by atoms with E-state index in [0.29, 0.717) is 47.0 Å². The van der Waals surface area contributed by atoms with Gasteiger partial charge in [-0.3, -0.25) is 19.0 Å². The molecule has 0 spiro atoms. The van der Waals surface area contributed by atoms with Crippen molar-refractivity contribution < 1.29 is 43.0 Å². The lowest BCUT2D eigenvalue weighted by atomic mass is 10.1. The van der Waals surface area contributed by atoms with Crippen LogP contribution < -0.4 is 10.5 Å². The first-order valence-corrected chi connectivity index (χ1v) is 13.8. The summed E-state index contributed by atoms with van der Waals surface area (Å²) >= 11 is 5.48. The van der Waals surface area contributed by atoms with E-state index < -0.39 is 24.4 Å². The number of carbonyl (C=O) groups is 4. The van der Waals surface area contributed by atoms with E-state index in [1.807, 2.05) is 28.8 Å². The molecule has 4 rings (SSSR count). The van der Waals surface area contributed by atoms with Gasteiger partial charge in [-0.1, -0.05) is 24.3 Å². The first kappa shape index (κ1) is 31.7. The van der Waals surface area contributed by atoms with Crippen molar-refractivity contribution in [2.45, 2.75) is 32.2 Å². The monoisotopic (exact) mass is 616 g/mol. The van der Waals surface area contributed by atoms with Gasteiger partial charge < -0.3 is 34.5 Å². The van der Waals surface area contributed by atoms with Gasteiger partial charge in [-0.05, 0) is 29.8 Å². The molecule has 0 radical (unpaired) electrons. The average molecular weight is 617 g/mol. The minimum atomic E-state index is -0.869. The Morgan fingerprint density at radius 1 is 0.977 bits per heavy atom. The molecule has 3 aromatic rings. The van der Waals surface area contributed by atoms with E-state index in [1.165, 1.54) is 0 Å². The van der Waals surface area contributed by atoms with Crippen LogP contribution in [0.2, 0.25) is 0 Å². The molecule has 43 heavy (non-hydrogen) atoms. The molecule has 0 aliphatic carbocycles. The lowest BCUT2D eigenvalue weighted by molar-refractivity contribution is -0.200. The number of nitrogens with one attached hydrogen (secondary N) is 1. The zero-order valence-electron chi connectivity index (χ0n) is 23.5. The molecule has 15 nitrogen and oxygen atoms in total. The van der Waals surface area contributed by atoms with Crippen LogP contribution in [0, 0.1) is 4.77 Å². The molecule has 1 aliphatic rings. The minimum Gasteiger partial charge on any atom is -0.461 e. The van der Waals surface area contributed by atoms with Crippen LogP contribution in [0.25, 0.3) is 11.2 Å². The maximum atomic E-state index is 12.2. The van der Waals surface area contributed by atoms with Crippen molar-refractivity contribution in [2.75, 3.05) is 52.5 Å². The predicted octanol–water partition coefficient (Wildman–Crippen LogP) is 1.29. The second-order valence-corrected chi connectivity index (χ2v) is 9.84. The molecule has 2 amide bonds. The fraction of sp³-hybridized carbons (Fsp3) is 0.444. The van der Waals surface area contributed by atoms with Crippen LogP contribution in [0.3, 0.4) is 0 Å². The standard InChI is InChI=1S/C27H32N6O9S/c1-38-10-13-41-26-30-24(28)23-25(31-26)32(27(43)29-23)14-18-4-2-17(3-5-18)6-7-19(34)15-39-11-12-40-16-22(37)42-33-20(35)8-9-21(33)36/h2-5H,6-16H2,1H3,(H,29,43)(H2,28,30,31). The molecule has 2 aromatic heterocycles. The quantitative estimate of drug-likeness (QED) is 0.125. The van der Waals surface area contributed by atoms with E-state index in [1.54, 1.807) is 7.11 Å². The Balaban J connectivity index is 1.17. The maximum absolute atomic E-state index is 12.2. The van der Waals surface area contributed by atoms with Crippen LogP contribution in [-0.4, -0.2) is 94.9 Å². The molecular weight excluding hydrogens is 584 g/mol. The summed E-state index contributed by atoms with van der Waals surface area (Å²) in [7, 11) is 1.57. The van der Waals surface area contributed by atoms with Gasteiger partial charge in [0.1, 0.15) is 25.3 Å². The number of hydrogen-bond acceptors (Lipinski definition) is 13. The van der Waals surface area contributed by atoms with Crippen molar-refractivity contribution in [3.63, 3.8) is 0 Å². The summed E-state index contributed by atoms with van der Waals surface area (Å²) < 4.78 is 23.2. The van der Waals surface area contributed by atoms with Crippen LogP contribution in [0.1, 0.15) is 30.4 Å². The third-order valence-electron chi connectivity index (χ3n) is 6.26. The van der Waals surface area contributed by atoms with Gasteiger partial charge in [-0.2, -0.15) is 9.97 Å². The maximum Gasteiger partial charge on any atom is 0.358 e. The summed E-state index contributed by atoms with van der Waals surface area (Å²) in [6, 6.07) is 7.93. The number of ether oxygens (including phenoxy) is 4. The number of ketones is 1. The van der Waals surface area contributed by atoms with Crippen molar-refractivity contribution in [1.82, 2.24) is 24.6 Å². The molecule has 3 heterocycles. The smallest absolute Gasteiger partial charge is 0.358 e. The number of methoxy groups -OCH3 is 1. The summed E-state index contributed by atoms with van der Waals surface area (Å²) in [5, 5.41) is 0.455. The number of aryl methyl sites for hydroxylation is 1. The van der Waals surface area contributed by atoms with Crippen molar-refractivity contribution >= 4 is 52.8 Å². The number of nitrogens with zero attached hydrogens (tertiary/aromatic N) is 4. The van der Waals surface area contributed by atoms with Crippen molar-refractivity contribution in [3.8, 4) is 6.01 Å². The minimum absolute atomic E-state index is 0.0154. The number of hydrogen-bond donors (Lipinski definition) is 2. The van der Waals surface area contributed by atoms with E-state index in [9.17, 15) is 19.2 Å². The molecule has 1 saturated heterocycles. The van der Waals surface area contributed by atoms with Gasteiger partial charge in [0.15, 0.2) is 22.0 Å². The normalized spacial score (nSPS) is 13.2. The number of nitrogen functional groups attached to an aromatic ring is 1. The summed E-state index contributed by atoms with van der Waals surface area (Å²) in [4.78, 5) is 63.1. The van der Waals surface area contributed by atoms with Gasteiger partial charge in [0.05, 0.1) is 26.4 Å². The molecule has 3 N–H and O–H groups in total. The van der Waals surface area contributed by atoms with Crippen LogP contribution in [0.4, 0.5) is 5.82 Å². The first-order valence-electron chi connectivity index (χ1n) is 13.4. The molecule has 16 heteroatoms. The fourth-order valence-electron chi connectivity index (χ4n) is 4.05. The number of H-pyrrole nitrogens is 1. The lowest BCUT2D eigenvalue weighted by Crippen LogP contribution is -2.33. The molecular formula is C27H32N6O9S. The summed E-state index contributed by atoms with van der Waals surface area (Å²) in [5.41, 5.74) is 9.09. The van der Waals surface area contributed by atoms with Crippen LogP contribution in [0.5, 0.6) is 6.01 Å². The number of aromatic amines is 1. The third kappa shape index (κ3) is 8.87. The zero-order chi connectivity index (χ0) is 30.8. The number of imidazole rings is 1. The van der Waals surface area contributed by atoms with Crippen molar-refractivity contribution in [2.24, 2.45) is 0 Å². The Bertz CT molecular complexity index is 1510. The van der Waals surface area contributed by atoms with Crippen molar-refractivity contribution in [3.05, 3.63) is 40.2 Å². The SMILES string of the molecule is COCCOc1nc(N)c2[nH]c(=S)n(Cc3ccc(CCC(=O)COCCOCC(=O)ON4C(=O)CCC4=O)cc3)c2n1. The van der Waals surface area contributed by atoms with Crippen molar-refractivity contribution in [1.29, 1.82) is 0 Å². The second-order valence-electron chi connectivity index (χ2n) is 9.45. The Kier molecular flexibility index (Phi) is 11.3. The van der Waals surface area contributed by atoms with Gasteiger partial charge in [0.2, 0.25) is 0 Å². The number of benzene rings is 1. The fourth-order valence-corrected chi connectivity index (χ4v) is 4.31. The molecule has 0 atom stereocenters. The number of rotatable bonds is 17. The second kappa shape index (κ2) is 15.3. The van der Waals surface area contributed by atoms with Gasteiger partial charge >= 0.3 is 12.0 Å². The molecule has 0 saturated carbocycles. The van der Waals surface area contributed by atoms with E-state index in [4.69, 9.17) is 36.9 Å². The highest BCUT2D eigenvalue weighted by molar-refractivity contribution is 7.71. The van der Waals surface area contributed by atoms with E-state index >= 15 is 0 Å². The first-order chi connectivity index (χ1) is 20.7. The van der Waals surface area contributed by atoms with Crippen LogP contribution >= 0.6 is 12.2 Å². The van der Waals surface area contributed by atoms with E-state index in [2.05, 4.69) is 19.8 Å². The number of imide groups is 1. The molecule has 0 bridgehead atoms. The largest absolute Gasteiger partial charge is 0.461 e. The van der Waals surface area contributed by atoms with Crippen LogP contribution in [0.15, 0.2) is 24.3 Å². The Morgan fingerprint density at radius 3 is 2.35 bits per heavy atom. The Hall–Kier alpha value is -4.25. The number of amides is 2. The van der Waals surface area contributed by atoms with E-state index in [-0.39, 0.29) is 56.9 Å². The molecule has 1 fully saturated rings. The number of aromatic nitrogens is 4. The lowest BCUT2D eigenvalue weighted by Gasteiger charge is -2.12. The summed E-state index contributed by atoms with van der Waals surface area (Å²) in [6.45, 7) is 0.677. The molecule has 230 valence electrons. The van der Waals surface area contributed by atoms with E-state index in [0.717, 1.165) is 11.1 Å². The number of anilines is 1. The number of hydroxylamine groups is 2. The Morgan fingerprint density at radius 2 is 1.65 bits per heavy atom. The number of carbonyl (C=O) groups excluding carboxylic acids is 4. The molecule has 1 aromatic carbocycles. The summed E-state index contributed by atoms with van der Waals surface area (Å²) in [6.07, 6.45) is 0.861. The highest BCUT2D eigenvalue weighted by Crippen LogP contribution is 2.21.